The van der Waals surface area contributed by atoms with Crippen LogP contribution in [0.2, 0.25) is 0 Å². The highest BCUT2D eigenvalue weighted by Crippen LogP contribution is 2.31. The van der Waals surface area contributed by atoms with E-state index in [0.29, 0.717) is 36.9 Å². The Bertz CT molecular complexity index is 762. The average molecular weight is 353 g/mol. The molecule has 26 heavy (non-hydrogen) atoms. The molecule has 1 heterocycles. The molecule has 2 aromatic carbocycles. The van der Waals surface area contributed by atoms with Crippen molar-refractivity contribution in [2.45, 2.75) is 38.0 Å². The summed E-state index contributed by atoms with van der Waals surface area (Å²) in [5.74, 6) is 1.23. The van der Waals surface area contributed by atoms with Crippen LogP contribution in [0.1, 0.15) is 35.2 Å². The molecule has 0 unspecified atom stereocenters. The van der Waals surface area contributed by atoms with Crippen LogP contribution in [0.4, 0.5) is 0 Å². The Kier molecular flexibility index (Phi) is 5.07. The zero-order chi connectivity index (χ0) is 17.8. The van der Waals surface area contributed by atoms with Crippen LogP contribution in [0.25, 0.3) is 0 Å². The summed E-state index contributed by atoms with van der Waals surface area (Å²) in [6.45, 7) is 1.62. The number of amides is 1. The molecule has 4 rings (SSSR count). The van der Waals surface area contributed by atoms with Crippen LogP contribution in [0.15, 0.2) is 48.5 Å². The van der Waals surface area contributed by atoms with E-state index in [-0.39, 0.29) is 18.1 Å². The molecule has 1 saturated carbocycles. The molecule has 0 aromatic heterocycles. The van der Waals surface area contributed by atoms with Crippen LogP contribution in [-0.4, -0.2) is 31.3 Å². The molecule has 1 fully saturated rings. The number of carbonyl (C=O) groups is 1. The molecular weight excluding hydrogens is 330 g/mol. The van der Waals surface area contributed by atoms with Gasteiger partial charge in [-0.3, -0.25) is 4.79 Å². The lowest BCUT2D eigenvalue weighted by molar-refractivity contribution is 0.0272. The van der Waals surface area contributed by atoms with Gasteiger partial charge in [0.05, 0.1) is 18.8 Å². The Balaban J connectivity index is 1.37. The Morgan fingerprint density at radius 3 is 2.69 bits per heavy atom. The first-order chi connectivity index (χ1) is 12.8. The minimum atomic E-state index is -0.0952. The van der Waals surface area contributed by atoms with Gasteiger partial charge in [0.25, 0.3) is 5.91 Å². The van der Waals surface area contributed by atoms with E-state index in [9.17, 15) is 4.79 Å². The molecule has 1 N–H and O–H groups in total. The monoisotopic (exact) mass is 353 g/mol. The summed E-state index contributed by atoms with van der Waals surface area (Å²) in [7, 11) is 0. The highest BCUT2D eigenvalue weighted by Gasteiger charge is 2.30. The summed E-state index contributed by atoms with van der Waals surface area (Å²) in [4.78, 5) is 12.6. The molecule has 2 aliphatic rings. The zero-order valence-electron chi connectivity index (χ0n) is 14.6. The van der Waals surface area contributed by atoms with E-state index >= 15 is 0 Å². The van der Waals surface area contributed by atoms with E-state index in [1.807, 2.05) is 18.2 Å². The molecule has 136 valence electrons. The molecule has 0 radical (unpaired) electrons. The highest BCUT2D eigenvalue weighted by molar-refractivity contribution is 5.95. The fourth-order valence-electron chi connectivity index (χ4n) is 3.50. The van der Waals surface area contributed by atoms with E-state index in [1.165, 1.54) is 0 Å². The summed E-state index contributed by atoms with van der Waals surface area (Å²) in [6, 6.07) is 15.5. The first kappa shape index (κ1) is 16.9. The normalized spacial score (nSPS) is 21.4. The van der Waals surface area contributed by atoms with Gasteiger partial charge in [0.1, 0.15) is 13.2 Å². The molecule has 5 heteroatoms. The second-order valence-electron chi connectivity index (χ2n) is 6.70. The minimum Gasteiger partial charge on any atom is -0.486 e. The predicted molar refractivity (Wildman–Crippen MR) is 97.6 cm³/mol. The molecule has 5 nitrogen and oxygen atoms in total. The van der Waals surface area contributed by atoms with Gasteiger partial charge < -0.3 is 19.5 Å². The summed E-state index contributed by atoms with van der Waals surface area (Å²) in [5, 5.41) is 3.13. The maximum atomic E-state index is 12.6. The van der Waals surface area contributed by atoms with Crippen LogP contribution in [0.3, 0.4) is 0 Å². The Morgan fingerprint density at radius 1 is 1.04 bits per heavy atom. The second kappa shape index (κ2) is 7.79. The standard InChI is InChI=1S/C21H23NO4/c23-21(16-9-10-19-20(13-16)25-12-11-24-19)22-17-7-4-8-18(17)26-14-15-5-2-1-3-6-15/h1-3,5-6,9-10,13,17-18H,4,7-8,11-12,14H2,(H,22,23)/t17-,18-/m1/s1. The van der Waals surface area contributed by atoms with Crippen molar-refractivity contribution in [3.05, 3.63) is 59.7 Å². The van der Waals surface area contributed by atoms with E-state index < -0.39 is 0 Å². The first-order valence-electron chi connectivity index (χ1n) is 9.15. The number of ether oxygens (including phenoxy) is 3. The van der Waals surface area contributed by atoms with Gasteiger partial charge in [-0.15, -0.1) is 0 Å². The van der Waals surface area contributed by atoms with Gasteiger partial charge >= 0.3 is 0 Å². The molecule has 0 spiro atoms. The molecule has 1 amide bonds. The lowest BCUT2D eigenvalue weighted by atomic mass is 10.1. The second-order valence-corrected chi connectivity index (χ2v) is 6.70. The van der Waals surface area contributed by atoms with E-state index in [0.717, 1.165) is 24.8 Å². The molecule has 2 aromatic rings. The first-order valence-corrected chi connectivity index (χ1v) is 9.15. The minimum absolute atomic E-state index is 0.0411. The summed E-state index contributed by atoms with van der Waals surface area (Å²) >= 11 is 0. The van der Waals surface area contributed by atoms with Crippen molar-refractivity contribution in [3.8, 4) is 11.5 Å². The number of nitrogens with one attached hydrogen (secondary N) is 1. The quantitative estimate of drug-likeness (QED) is 0.896. The van der Waals surface area contributed by atoms with Crippen molar-refractivity contribution < 1.29 is 19.0 Å². The van der Waals surface area contributed by atoms with Crippen LogP contribution in [-0.2, 0) is 11.3 Å². The van der Waals surface area contributed by atoms with Crippen LogP contribution in [0.5, 0.6) is 11.5 Å². The summed E-state index contributed by atoms with van der Waals surface area (Å²) in [5.41, 5.74) is 1.74. The van der Waals surface area contributed by atoms with Crippen molar-refractivity contribution in [1.82, 2.24) is 5.32 Å². The van der Waals surface area contributed by atoms with Crippen molar-refractivity contribution in [2.24, 2.45) is 0 Å². The van der Waals surface area contributed by atoms with E-state index in [4.69, 9.17) is 14.2 Å². The Hall–Kier alpha value is -2.53. The lowest BCUT2D eigenvalue weighted by Gasteiger charge is -2.22. The van der Waals surface area contributed by atoms with Crippen LogP contribution < -0.4 is 14.8 Å². The molecule has 1 aliphatic heterocycles. The smallest absolute Gasteiger partial charge is 0.251 e. The van der Waals surface area contributed by atoms with Crippen molar-refractivity contribution >= 4 is 5.91 Å². The topological polar surface area (TPSA) is 56.8 Å². The van der Waals surface area contributed by atoms with E-state index in [2.05, 4.69) is 17.4 Å². The average Bonchev–Trinajstić information content (AvgIpc) is 3.13. The third kappa shape index (κ3) is 3.83. The zero-order valence-corrected chi connectivity index (χ0v) is 14.6. The Labute approximate surface area is 153 Å². The van der Waals surface area contributed by atoms with Gasteiger partial charge in [0.2, 0.25) is 0 Å². The highest BCUT2D eigenvalue weighted by atomic mass is 16.6. The maximum absolute atomic E-state index is 12.6. The van der Waals surface area contributed by atoms with Crippen molar-refractivity contribution in [2.75, 3.05) is 13.2 Å². The fourth-order valence-corrected chi connectivity index (χ4v) is 3.50. The van der Waals surface area contributed by atoms with Gasteiger partial charge in [0, 0.05) is 5.56 Å². The molecular formula is C21H23NO4. The number of hydrogen-bond donors (Lipinski definition) is 1. The number of benzene rings is 2. The maximum Gasteiger partial charge on any atom is 0.251 e. The van der Waals surface area contributed by atoms with E-state index in [1.54, 1.807) is 18.2 Å². The fraction of sp³-hybridized carbons (Fsp3) is 0.381. The van der Waals surface area contributed by atoms with Gasteiger partial charge in [-0.2, -0.15) is 0 Å². The summed E-state index contributed by atoms with van der Waals surface area (Å²) < 4.78 is 17.1. The molecule has 0 saturated heterocycles. The number of fused-ring (bicyclic) bond motifs is 1. The van der Waals surface area contributed by atoms with Gasteiger partial charge in [-0.25, -0.2) is 0 Å². The molecule has 1 aliphatic carbocycles. The summed E-state index contributed by atoms with van der Waals surface area (Å²) in [6.07, 6.45) is 3.02. The number of rotatable bonds is 5. The van der Waals surface area contributed by atoms with Gasteiger partial charge in [-0.1, -0.05) is 30.3 Å². The van der Waals surface area contributed by atoms with Crippen molar-refractivity contribution in [1.29, 1.82) is 0 Å². The molecule has 2 atom stereocenters. The SMILES string of the molecule is O=C(N[C@@H]1CCC[C@H]1OCc1ccccc1)c1ccc2c(c1)OCCO2. The largest absolute Gasteiger partial charge is 0.486 e. The molecule has 0 bridgehead atoms. The van der Waals surface area contributed by atoms with Gasteiger partial charge in [0.15, 0.2) is 11.5 Å². The number of hydrogen-bond acceptors (Lipinski definition) is 4. The van der Waals surface area contributed by atoms with Crippen LogP contribution in [0, 0.1) is 0 Å². The number of carbonyl (C=O) groups excluding carboxylic acids is 1. The third-order valence-electron chi connectivity index (χ3n) is 4.88. The third-order valence-corrected chi connectivity index (χ3v) is 4.88. The lowest BCUT2D eigenvalue weighted by Crippen LogP contribution is -2.41. The Morgan fingerprint density at radius 2 is 1.85 bits per heavy atom. The predicted octanol–water partition coefficient (Wildman–Crippen LogP) is 3.33. The van der Waals surface area contributed by atoms with Gasteiger partial charge in [-0.05, 0) is 43.0 Å². The van der Waals surface area contributed by atoms with Crippen LogP contribution >= 0.6 is 0 Å². The van der Waals surface area contributed by atoms with Crippen molar-refractivity contribution in [3.63, 3.8) is 0 Å².